The Morgan fingerprint density at radius 1 is 0.842 bits per heavy atom. The average Bonchev–Trinajstić information content (AvgIpc) is 2.38. The highest BCUT2D eigenvalue weighted by Crippen LogP contribution is 2.34. The second-order valence-electron chi connectivity index (χ2n) is 4.54. The highest BCUT2D eigenvalue weighted by atomic mass is 16.3. The molecule has 0 saturated heterocycles. The smallest absolute Gasteiger partial charge is 0.198 e. The van der Waals surface area contributed by atoms with Crippen molar-refractivity contribution in [1.82, 2.24) is 0 Å². The van der Waals surface area contributed by atoms with Gasteiger partial charge in [0.15, 0.2) is 11.6 Å². The molecule has 94 valence electrons. The first kappa shape index (κ1) is 11.5. The Balaban J connectivity index is 2.36. The fraction of sp³-hybridized carbons (Fsp3) is 0.0667. The number of rotatable bonds is 0. The normalized spacial score (nSPS) is 13.1. The van der Waals surface area contributed by atoms with Gasteiger partial charge in [0.25, 0.3) is 0 Å². The first-order valence-electron chi connectivity index (χ1n) is 5.75. The second-order valence-corrected chi connectivity index (χ2v) is 4.54. The molecule has 1 aliphatic rings. The topological polar surface area (TPSA) is 74.6 Å². The average molecular weight is 254 g/mol. The zero-order chi connectivity index (χ0) is 13.7. The van der Waals surface area contributed by atoms with Crippen LogP contribution in [-0.4, -0.2) is 21.8 Å². The maximum atomic E-state index is 12.3. The Bertz CT molecular complexity index is 744. The number of ketones is 2. The van der Waals surface area contributed by atoms with E-state index in [0.717, 1.165) is 0 Å². The molecule has 2 aromatic rings. The maximum absolute atomic E-state index is 12.3. The second kappa shape index (κ2) is 3.68. The fourth-order valence-electron chi connectivity index (χ4n) is 2.32. The zero-order valence-corrected chi connectivity index (χ0v) is 10.1. The van der Waals surface area contributed by atoms with Crippen molar-refractivity contribution in [3.05, 3.63) is 58.1 Å². The van der Waals surface area contributed by atoms with E-state index in [0.29, 0.717) is 5.56 Å². The Morgan fingerprint density at radius 2 is 1.53 bits per heavy atom. The van der Waals surface area contributed by atoms with Crippen LogP contribution in [0.5, 0.6) is 11.5 Å². The minimum atomic E-state index is -0.397. The third kappa shape index (κ3) is 1.46. The van der Waals surface area contributed by atoms with E-state index in [4.69, 9.17) is 0 Å². The molecule has 0 aromatic heterocycles. The third-order valence-corrected chi connectivity index (χ3v) is 3.34. The Kier molecular flexibility index (Phi) is 2.22. The number of phenolic OH excluding ortho intramolecular Hbond substituents is 2. The highest BCUT2D eigenvalue weighted by Gasteiger charge is 2.32. The summed E-state index contributed by atoms with van der Waals surface area (Å²) in [6, 6.07) is 7.16. The van der Waals surface area contributed by atoms with E-state index in [1.165, 1.54) is 30.3 Å². The van der Waals surface area contributed by atoms with Crippen molar-refractivity contribution >= 4 is 11.6 Å². The van der Waals surface area contributed by atoms with Crippen LogP contribution >= 0.6 is 0 Å². The van der Waals surface area contributed by atoms with Crippen LogP contribution in [0, 0.1) is 6.92 Å². The lowest BCUT2D eigenvalue weighted by Crippen LogP contribution is -2.21. The molecule has 2 aromatic carbocycles. The summed E-state index contributed by atoms with van der Waals surface area (Å²) in [6.45, 7) is 1.65. The molecule has 1 aliphatic carbocycles. The molecule has 0 spiro atoms. The Morgan fingerprint density at radius 3 is 2.26 bits per heavy atom. The molecule has 0 heterocycles. The zero-order valence-electron chi connectivity index (χ0n) is 10.1. The molecular weight excluding hydrogens is 244 g/mol. The van der Waals surface area contributed by atoms with E-state index in [-0.39, 0.29) is 39.5 Å². The minimum absolute atomic E-state index is 0.0245. The summed E-state index contributed by atoms with van der Waals surface area (Å²) in [5, 5.41) is 19.4. The van der Waals surface area contributed by atoms with Crippen LogP contribution < -0.4 is 0 Å². The van der Waals surface area contributed by atoms with Gasteiger partial charge in [-0.2, -0.15) is 0 Å². The number of hydrogen-bond acceptors (Lipinski definition) is 4. The minimum Gasteiger partial charge on any atom is -0.508 e. The molecule has 2 N–H and O–H groups in total. The van der Waals surface area contributed by atoms with Crippen molar-refractivity contribution < 1.29 is 19.8 Å². The van der Waals surface area contributed by atoms with Crippen LogP contribution in [0.1, 0.15) is 37.4 Å². The molecule has 19 heavy (non-hydrogen) atoms. The SMILES string of the molecule is Cc1cc2c(cc1O)C(=O)c1cccc(O)c1C2=O. The van der Waals surface area contributed by atoms with E-state index in [1.807, 2.05) is 0 Å². The summed E-state index contributed by atoms with van der Waals surface area (Å²) in [6.07, 6.45) is 0. The number of carbonyl (C=O) groups is 2. The van der Waals surface area contributed by atoms with Crippen LogP contribution in [0.4, 0.5) is 0 Å². The van der Waals surface area contributed by atoms with Gasteiger partial charge in [-0.25, -0.2) is 0 Å². The summed E-state index contributed by atoms with van der Waals surface area (Å²) >= 11 is 0. The van der Waals surface area contributed by atoms with Gasteiger partial charge >= 0.3 is 0 Å². The summed E-state index contributed by atoms with van der Waals surface area (Å²) < 4.78 is 0. The van der Waals surface area contributed by atoms with Crippen molar-refractivity contribution in [2.75, 3.05) is 0 Å². The Hall–Kier alpha value is -2.62. The van der Waals surface area contributed by atoms with Crippen molar-refractivity contribution in [3.63, 3.8) is 0 Å². The molecule has 0 fully saturated rings. The number of fused-ring (bicyclic) bond motifs is 2. The lowest BCUT2D eigenvalue weighted by atomic mass is 9.83. The quantitative estimate of drug-likeness (QED) is 0.644. The van der Waals surface area contributed by atoms with Crippen molar-refractivity contribution in [2.45, 2.75) is 6.92 Å². The van der Waals surface area contributed by atoms with Gasteiger partial charge in [-0.15, -0.1) is 0 Å². The van der Waals surface area contributed by atoms with Crippen molar-refractivity contribution in [3.8, 4) is 11.5 Å². The molecule has 4 heteroatoms. The number of benzene rings is 2. The number of carbonyl (C=O) groups excluding carboxylic acids is 2. The van der Waals surface area contributed by atoms with Gasteiger partial charge < -0.3 is 10.2 Å². The number of aryl methyl sites for hydroxylation is 1. The predicted octanol–water partition coefficient (Wildman–Crippen LogP) is 2.18. The molecule has 0 unspecified atom stereocenters. The maximum Gasteiger partial charge on any atom is 0.198 e. The lowest BCUT2D eigenvalue weighted by Gasteiger charge is -2.19. The van der Waals surface area contributed by atoms with Crippen LogP contribution in [-0.2, 0) is 0 Å². The molecule has 0 saturated carbocycles. The summed E-state index contributed by atoms with van der Waals surface area (Å²) in [5.74, 6) is -0.989. The van der Waals surface area contributed by atoms with Crippen molar-refractivity contribution in [2.24, 2.45) is 0 Å². The van der Waals surface area contributed by atoms with Crippen LogP contribution in [0.2, 0.25) is 0 Å². The van der Waals surface area contributed by atoms with Crippen LogP contribution in [0.15, 0.2) is 30.3 Å². The monoisotopic (exact) mass is 254 g/mol. The fourth-order valence-corrected chi connectivity index (χ4v) is 2.32. The van der Waals surface area contributed by atoms with Gasteiger partial charge in [0.1, 0.15) is 11.5 Å². The van der Waals surface area contributed by atoms with E-state index >= 15 is 0 Å². The van der Waals surface area contributed by atoms with E-state index in [2.05, 4.69) is 0 Å². The largest absolute Gasteiger partial charge is 0.508 e. The molecule has 0 amide bonds. The molecule has 0 radical (unpaired) electrons. The van der Waals surface area contributed by atoms with Crippen molar-refractivity contribution in [1.29, 1.82) is 0 Å². The lowest BCUT2D eigenvalue weighted by molar-refractivity contribution is 0.0976. The number of phenols is 2. The van der Waals surface area contributed by atoms with Gasteiger partial charge in [0.05, 0.1) is 5.56 Å². The van der Waals surface area contributed by atoms with E-state index in [9.17, 15) is 19.8 Å². The molecular formula is C15H10O4. The standard InChI is InChI=1S/C15H10O4/c1-7-5-9-10(6-12(7)17)14(18)8-3-2-4-11(16)13(8)15(9)19/h2-6,16-17H,1H3. The number of aromatic hydroxyl groups is 2. The predicted molar refractivity (Wildman–Crippen MR) is 67.8 cm³/mol. The molecule has 3 rings (SSSR count). The van der Waals surface area contributed by atoms with Gasteiger partial charge in [-0.05, 0) is 30.7 Å². The Labute approximate surface area is 108 Å². The summed E-state index contributed by atoms with van der Waals surface area (Å²) in [4.78, 5) is 24.6. The van der Waals surface area contributed by atoms with E-state index < -0.39 is 5.78 Å². The molecule has 0 bridgehead atoms. The third-order valence-electron chi connectivity index (χ3n) is 3.34. The highest BCUT2D eigenvalue weighted by molar-refractivity contribution is 6.29. The molecule has 0 aliphatic heterocycles. The van der Waals surface area contributed by atoms with Crippen LogP contribution in [0.3, 0.4) is 0 Å². The first-order valence-corrected chi connectivity index (χ1v) is 5.75. The summed E-state index contributed by atoms with van der Waals surface area (Å²) in [7, 11) is 0. The van der Waals surface area contributed by atoms with Gasteiger partial charge in [-0.3, -0.25) is 9.59 Å². The molecule has 4 nitrogen and oxygen atoms in total. The van der Waals surface area contributed by atoms with Crippen LogP contribution in [0.25, 0.3) is 0 Å². The van der Waals surface area contributed by atoms with Gasteiger partial charge in [0.2, 0.25) is 0 Å². The van der Waals surface area contributed by atoms with Gasteiger partial charge in [-0.1, -0.05) is 12.1 Å². The first-order chi connectivity index (χ1) is 9.00. The summed E-state index contributed by atoms with van der Waals surface area (Å²) in [5.41, 5.74) is 1.10. The van der Waals surface area contributed by atoms with Gasteiger partial charge in [0, 0.05) is 16.7 Å². The molecule has 0 atom stereocenters. The number of hydrogen-bond donors (Lipinski definition) is 2. The van der Waals surface area contributed by atoms with E-state index in [1.54, 1.807) is 6.92 Å².